The quantitative estimate of drug-likeness (QED) is 0.883. The van der Waals surface area contributed by atoms with E-state index < -0.39 is 10.0 Å². The lowest BCUT2D eigenvalue weighted by molar-refractivity contribution is 0.581. The van der Waals surface area contributed by atoms with E-state index in [4.69, 9.17) is 0 Å². The van der Waals surface area contributed by atoms with Gasteiger partial charge < -0.3 is 5.32 Å². The number of hydrogen-bond acceptors (Lipinski definition) is 4. The maximum Gasteiger partial charge on any atom is 0.240 e. The molecule has 0 radical (unpaired) electrons. The van der Waals surface area contributed by atoms with E-state index in [2.05, 4.69) is 15.0 Å². The highest BCUT2D eigenvalue weighted by molar-refractivity contribution is 7.89. The molecule has 0 saturated heterocycles. The number of nitrogens with zero attached hydrogens (tertiary/aromatic N) is 1. The molecule has 20 heavy (non-hydrogen) atoms. The van der Waals surface area contributed by atoms with Crippen LogP contribution in [0, 0.1) is 6.92 Å². The largest absolute Gasteiger partial charge is 0.388 e. The van der Waals surface area contributed by atoms with Crippen LogP contribution in [-0.4, -0.2) is 20.4 Å². The van der Waals surface area contributed by atoms with Crippen molar-refractivity contribution in [2.45, 2.75) is 18.4 Å². The Balaban J connectivity index is 2.08. The van der Waals surface area contributed by atoms with Crippen molar-refractivity contribution in [2.75, 3.05) is 12.4 Å². The van der Waals surface area contributed by atoms with Gasteiger partial charge in [-0.25, -0.2) is 13.1 Å². The third-order valence-corrected chi connectivity index (χ3v) is 4.31. The molecular weight excluding hydrogens is 274 g/mol. The number of anilines is 1. The summed E-state index contributed by atoms with van der Waals surface area (Å²) in [6, 6.07) is 10.3. The molecular formula is C14H17N3O2S. The summed E-state index contributed by atoms with van der Waals surface area (Å²) in [7, 11) is -1.72. The number of pyridine rings is 1. The van der Waals surface area contributed by atoms with E-state index in [1.54, 1.807) is 37.5 Å². The van der Waals surface area contributed by atoms with Crippen LogP contribution in [0.5, 0.6) is 0 Å². The van der Waals surface area contributed by atoms with Crippen molar-refractivity contribution in [1.82, 2.24) is 9.71 Å². The van der Waals surface area contributed by atoms with Gasteiger partial charge in [-0.2, -0.15) is 0 Å². The summed E-state index contributed by atoms with van der Waals surface area (Å²) in [4.78, 5) is 4.38. The SMILES string of the molecule is CNc1ccc(S(=O)(=O)NCc2ccc(C)nc2)cc1. The Morgan fingerprint density at radius 1 is 1.10 bits per heavy atom. The Kier molecular flexibility index (Phi) is 4.36. The fourth-order valence-corrected chi connectivity index (χ4v) is 2.68. The summed E-state index contributed by atoms with van der Waals surface area (Å²) in [5, 5.41) is 2.95. The summed E-state index contributed by atoms with van der Waals surface area (Å²) >= 11 is 0. The van der Waals surface area contributed by atoms with Crippen LogP contribution in [0.15, 0.2) is 47.5 Å². The van der Waals surface area contributed by atoms with Gasteiger partial charge in [-0.3, -0.25) is 4.98 Å². The number of aryl methyl sites for hydroxylation is 1. The molecule has 5 nitrogen and oxygen atoms in total. The van der Waals surface area contributed by atoms with E-state index in [1.165, 1.54) is 0 Å². The predicted molar refractivity (Wildman–Crippen MR) is 79.0 cm³/mol. The monoisotopic (exact) mass is 291 g/mol. The maximum absolute atomic E-state index is 12.1. The molecule has 0 fully saturated rings. The van der Waals surface area contributed by atoms with Crippen molar-refractivity contribution < 1.29 is 8.42 Å². The standard InChI is InChI=1S/C14H17N3O2S/c1-11-3-4-12(9-16-11)10-17-20(18,19)14-7-5-13(15-2)6-8-14/h3-9,15,17H,10H2,1-2H3. The Hall–Kier alpha value is -1.92. The summed E-state index contributed by atoms with van der Waals surface area (Å²) < 4.78 is 26.8. The molecule has 0 amide bonds. The molecule has 0 saturated carbocycles. The highest BCUT2D eigenvalue weighted by Gasteiger charge is 2.13. The minimum Gasteiger partial charge on any atom is -0.388 e. The molecule has 2 N–H and O–H groups in total. The van der Waals surface area contributed by atoms with Crippen molar-refractivity contribution in [3.05, 3.63) is 53.9 Å². The van der Waals surface area contributed by atoms with Gasteiger partial charge >= 0.3 is 0 Å². The molecule has 0 spiro atoms. The fourth-order valence-electron chi connectivity index (χ4n) is 1.67. The van der Waals surface area contributed by atoms with E-state index in [0.29, 0.717) is 0 Å². The van der Waals surface area contributed by atoms with Crippen molar-refractivity contribution >= 4 is 15.7 Å². The van der Waals surface area contributed by atoms with Crippen molar-refractivity contribution in [2.24, 2.45) is 0 Å². The average molecular weight is 291 g/mol. The van der Waals surface area contributed by atoms with Crippen LogP contribution in [0.2, 0.25) is 0 Å². The third-order valence-electron chi connectivity index (χ3n) is 2.89. The Labute approximate surface area is 119 Å². The van der Waals surface area contributed by atoms with Crippen molar-refractivity contribution in [3.63, 3.8) is 0 Å². The second-order valence-electron chi connectivity index (χ2n) is 4.41. The van der Waals surface area contributed by atoms with Crippen LogP contribution in [0.3, 0.4) is 0 Å². The van der Waals surface area contributed by atoms with E-state index >= 15 is 0 Å². The minimum atomic E-state index is -3.50. The van der Waals surface area contributed by atoms with E-state index in [9.17, 15) is 8.42 Å². The fraction of sp³-hybridized carbons (Fsp3) is 0.214. The number of benzene rings is 1. The van der Waals surface area contributed by atoms with Gasteiger partial charge in [0.1, 0.15) is 0 Å². The van der Waals surface area contributed by atoms with Crippen LogP contribution in [0.1, 0.15) is 11.3 Å². The minimum absolute atomic E-state index is 0.226. The van der Waals surface area contributed by atoms with Crippen LogP contribution < -0.4 is 10.0 Å². The molecule has 106 valence electrons. The first kappa shape index (κ1) is 14.5. The molecule has 0 aliphatic rings. The normalized spacial score (nSPS) is 11.3. The predicted octanol–water partition coefficient (Wildman–Crippen LogP) is 1.91. The number of nitrogens with one attached hydrogen (secondary N) is 2. The van der Waals surface area contributed by atoms with Crippen LogP contribution in [0.4, 0.5) is 5.69 Å². The number of hydrogen-bond donors (Lipinski definition) is 2. The summed E-state index contributed by atoms with van der Waals surface area (Å²) in [6.45, 7) is 2.11. The van der Waals surface area contributed by atoms with E-state index in [1.807, 2.05) is 19.1 Å². The lowest BCUT2D eigenvalue weighted by Gasteiger charge is -2.08. The molecule has 2 aromatic rings. The molecule has 1 aromatic heterocycles. The molecule has 1 heterocycles. The Bertz CT molecular complexity index is 665. The zero-order valence-corrected chi connectivity index (χ0v) is 12.2. The summed E-state index contributed by atoms with van der Waals surface area (Å²) in [5.41, 5.74) is 2.59. The van der Waals surface area contributed by atoms with Crippen molar-refractivity contribution in [1.29, 1.82) is 0 Å². The first-order chi connectivity index (χ1) is 9.51. The summed E-state index contributed by atoms with van der Waals surface area (Å²) in [6.07, 6.45) is 1.67. The first-order valence-corrected chi connectivity index (χ1v) is 7.68. The molecule has 0 unspecified atom stereocenters. The molecule has 6 heteroatoms. The van der Waals surface area contributed by atoms with Gasteiger partial charge in [0.25, 0.3) is 0 Å². The number of rotatable bonds is 5. The molecule has 2 rings (SSSR count). The van der Waals surface area contributed by atoms with Gasteiger partial charge in [0.15, 0.2) is 0 Å². The van der Waals surface area contributed by atoms with Crippen LogP contribution in [-0.2, 0) is 16.6 Å². The molecule has 0 aliphatic heterocycles. The van der Waals surface area contributed by atoms with Gasteiger partial charge in [0, 0.05) is 31.2 Å². The number of sulfonamides is 1. The second kappa shape index (κ2) is 6.02. The van der Waals surface area contributed by atoms with E-state index in [0.717, 1.165) is 16.9 Å². The van der Waals surface area contributed by atoms with Gasteiger partial charge in [-0.05, 0) is 42.8 Å². The maximum atomic E-state index is 12.1. The Morgan fingerprint density at radius 2 is 1.80 bits per heavy atom. The van der Waals surface area contributed by atoms with Crippen LogP contribution >= 0.6 is 0 Å². The zero-order chi connectivity index (χ0) is 14.6. The lowest BCUT2D eigenvalue weighted by atomic mass is 10.2. The van der Waals surface area contributed by atoms with E-state index in [-0.39, 0.29) is 11.4 Å². The third kappa shape index (κ3) is 3.55. The molecule has 0 atom stereocenters. The number of aromatic nitrogens is 1. The second-order valence-corrected chi connectivity index (χ2v) is 6.17. The average Bonchev–Trinajstić information content (AvgIpc) is 2.47. The summed E-state index contributed by atoms with van der Waals surface area (Å²) in [5.74, 6) is 0. The topological polar surface area (TPSA) is 71.1 Å². The highest BCUT2D eigenvalue weighted by atomic mass is 32.2. The van der Waals surface area contributed by atoms with Crippen LogP contribution in [0.25, 0.3) is 0 Å². The lowest BCUT2D eigenvalue weighted by Crippen LogP contribution is -2.23. The molecule has 1 aromatic carbocycles. The van der Waals surface area contributed by atoms with Crippen molar-refractivity contribution in [3.8, 4) is 0 Å². The first-order valence-electron chi connectivity index (χ1n) is 6.20. The van der Waals surface area contributed by atoms with Gasteiger partial charge in [-0.15, -0.1) is 0 Å². The highest BCUT2D eigenvalue weighted by Crippen LogP contribution is 2.13. The van der Waals surface area contributed by atoms with Gasteiger partial charge in [0.2, 0.25) is 10.0 Å². The zero-order valence-electron chi connectivity index (χ0n) is 11.4. The smallest absolute Gasteiger partial charge is 0.240 e. The molecule has 0 bridgehead atoms. The van der Waals surface area contributed by atoms with Gasteiger partial charge in [0.05, 0.1) is 4.90 Å². The van der Waals surface area contributed by atoms with Gasteiger partial charge in [-0.1, -0.05) is 6.07 Å². The molecule has 0 aliphatic carbocycles. The Morgan fingerprint density at radius 3 is 2.35 bits per heavy atom.